The second kappa shape index (κ2) is 6.81. The topological polar surface area (TPSA) is 50.3 Å². The molecular weight excluding hydrogens is 280 g/mol. The monoisotopic (exact) mass is 304 g/mol. The zero-order chi connectivity index (χ0) is 14.6. The fraction of sp³-hybridized carbons (Fsp3) is 0.769. The van der Waals surface area contributed by atoms with Crippen molar-refractivity contribution in [1.29, 1.82) is 0 Å². The van der Waals surface area contributed by atoms with Crippen LogP contribution in [0.2, 0.25) is 0 Å². The molecule has 6 heteroatoms. The van der Waals surface area contributed by atoms with E-state index in [1.807, 2.05) is 14.0 Å². The van der Waals surface area contributed by atoms with Crippen LogP contribution in [0.4, 0.5) is 0 Å². The summed E-state index contributed by atoms with van der Waals surface area (Å²) in [5.74, 6) is 0.442. The van der Waals surface area contributed by atoms with Gasteiger partial charge in [0, 0.05) is 23.2 Å². The summed E-state index contributed by atoms with van der Waals surface area (Å²) in [6.45, 7) is 8.50. The average molecular weight is 304 g/mol. The van der Waals surface area contributed by atoms with Gasteiger partial charge in [0.25, 0.3) is 0 Å². The highest BCUT2D eigenvalue weighted by atomic mass is 32.2. The highest BCUT2D eigenvalue weighted by Crippen LogP contribution is 2.28. The van der Waals surface area contributed by atoms with Crippen LogP contribution in [-0.2, 0) is 16.3 Å². The highest BCUT2D eigenvalue weighted by Gasteiger charge is 2.19. The Bertz CT molecular complexity index is 509. The van der Waals surface area contributed by atoms with Crippen molar-refractivity contribution < 1.29 is 8.42 Å². The third-order valence-electron chi connectivity index (χ3n) is 3.41. The molecule has 1 aromatic rings. The van der Waals surface area contributed by atoms with Gasteiger partial charge in [0.15, 0.2) is 9.84 Å². The number of aromatic nitrogens is 1. The third-order valence-corrected chi connectivity index (χ3v) is 6.57. The van der Waals surface area contributed by atoms with Crippen molar-refractivity contribution in [2.75, 3.05) is 25.1 Å². The summed E-state index contributed by atoms with van der Waals surface area (Å²) >= 11 is 1.73. The van der Waals surface area contributed by atoms with Crippen LogP contribution < -0.4 is 0 Å². The van der Waals surface area contributed by atoms with Gasteiger partial charge in [-0.05, 0) is 27.3 Å². The molecule has 19 heavy (non-hydrogen) atoms. The van der Waals surface area contributed by atoms with E-state index in [2.05, 4.69) is 23.7 Å². The molecule has 0 fully saturated rings. The van der Waals surface area contributed by atoms with Gasteiger partial charge in [-0.25, -0.2) is 13.4 Å². The average Bonchev–Trinajstić information content (AvgIpc) is 2.76. The molecule has 4 nitrogen and oxygen atoms in total. The maximum Gasteiger partial charge on any atom is 0.151 e. The second-order valence-electron chi connectivity index (χ2n) is 4.80. The number of rotatable bonds is 7. The van der Waals surface area contributed by atoms with Crippen LogP contribution in [0.1, 0.15) is 42.4 Å². The van der Waals surface area contributed by atoms with Gasteiger partial charge in [0.05, 0.1) is 16.5 Å². The van der Waals surface area contributed by atoms with Crippen molar-refractivity contribution in [3.8, 4) is 0 Å². The molecule has 0 aliphatic carbocycles. The van der Waals surface area contributed by atoms with Crippen LogP contribution in [-0.4, -0.2) is 43.4 Å². The number of thiazole rings is 1. The minimum absolute atomic E-state index is 0.213. The van der Waals surface area contributed by atoms with E-state index in [4.69, 9.17) is 0 Å². The molecule has 0 spiro atoms. The van der Waals surface area contributed by atoms with Gasteiger partial charge in [0.1, 0.15) is 0 Å². The van der Waals surface area contributed by atoms with Gasteiger partial charge in [-0.1, -0.05) is 13.8 Å². The Balaban J connectivity index is 2.71. The third kappa shape index (κ3) is 4.54. The smallest absolute Gasteiger partial charge is 0.151 e. The molecule has 0 amide bonds. The Hall–Kier alpha value is -0.460. The van der Waals surface area contributed by atoms with Crippen LogP contribution in [0.25, 0.3) is 0 Å². The molecule has 0 saturated heterocycles. The molecule has 0 unspecified atom stereocenters. The van der Waals surface area contributed by atoms with E-state index in [1.54, 1.807) is 18.3 Å². The van der Waals surface area contributed by atoms with E-state index < -0.39 is 9.84 Å². The molecule has 0 radical (unpaired) electrons. The first kappa shape index (κ1) is 16.6. The maximum absolute atomic E-state index is 11.5. The summed E-state index contributed by atoms with van der Waals surface area (Å²) in [4.78, 5) is 7.87. The summed E-state index contributed by atoms with van der Waals surface area (Å²) in [5.41, 5.74) is 1.07. The number of sulfone groups is 1. The standard InChI is InChI=1S/C13H24N2O2S2/c1-6-12-14-10(3)13(18-12)11(4)15(5)8-9-19(16,17)7-2/h11H,6-9H2,1-5H3/t11-/m1/s1. The molecule has 1 aromatic heterocycles. The first-order valence-electron chi connectivity index (χ1n) is 6.67. The van der Waals surface area contributed by atoms with E-state index in [1.165, 1.54) is 4.88 Å². The summed E-state index contributed by atoms with van der Waals surface area (Å²) < 4.78 is 23.1. The molecule has 0 bridgehead atoms. The van der Waals surface area contributed by atoms with Gasteiger partial charge in [0.2, 0.25) is 0 Å². The lowest BCUT2D eigenvalue weighted by molar-refractivity contribution is 0.279. The Labute approximate surface area is 120 Å². The van der Waals surface area contributed by atoms with Crippen molar-refractivity contribution >= 4 is 21.2 Å². The molecule has 1 rings (SSSR count). The van der Waals surface area contributed by atoms with E-state index in [9.17, 15) is 8.42 Å². The van der Waals surface area contributed by atoms with Gasteiger partial charge < -0.3 is 0 Å². The zero-order valence-electron chi connectivity index (χ0n) is 12.4. The SMILES string of the molecule is CCc1nc(C)c([C@@H](C)N(C)CCS(=O)(=O)CC)s1. The highest BCUT2D eigenvalue weighted by molar-refractivity contribution is 7.91. The van der Waals surface area contributed by atoms with E-state index in [0.29, 0.717) is 6.54 Å². The number of nitrogens with zero attached hydrogens (tertiary/aromatic N) is 2. The molecule has 0 N–H and O–H groups in total. The summed E-state index contributed by atoms with van der Waals surface area (Å²) in [7, 11) is -0.921. The zero-order valence-corrected chi connectivity index (χ0v) is 14.1. The number of hydrogen-bond donors (Lipinski definition) is 0. The van der Waals surface area contributed by atoms with Gasteiger partial charge in [-0.2, -0.15) is 0 Å². The summed E-state index contributed by atoms with van der Waals surface area (Å²) in [5, 5.41) is 1.15. The molecular formula is C13H24N2O2S2. The van der Waals surface area contributed by atoms with E-state index in [-0.39, 0.29) is 17.5 Å². The quantitative estimate of drug-likeness (QED) is 0.776. The van der Waals surface area contributed by atoms with Crippen molar-refractivity contribution in [1.82, 2.24) is 9.88 Å². The normalized spacial score (nSPS) is 14.0. The van der Waals surface area contributed by atoms with Crippen molar-refractivity contribution in [3.05, 3.63) is 15.6 Å². The molecule has 0 aliphatic rings. The van der Waals surface area contributed by atoms with Crippen molar-refractivity contribution in [2.24, 2.45) is 0 Å². The molecule has 0 aromatic carbocycles. The first-order chi connectivity index (χ1) is 8.80. The molecule has 0 aliphatic heterocycles. The minimum Gasteiger partial charge on any atom is -0.298 e. The lowest BCUT2D eigenvalue weighted by Crippen LogP contribution is -2.28. The largest absolute Gasteiger partial charge is 0.298 e. The lowest BCUT2D eigenvalue weighted by atomic mass is 10.2. The van der Waals surface area contributed by atoms with Crippen LogP contribution in [0.3, 0.4) is 0 Å². The van der Waals surface area contributed by atoms with E-state index >= 15 is 0 Å². The second-order valence-corrected chi connectivity index (χ2v) is 8.39. The predicted octanol–water partition coefficient (Wildman–Crippen LogP) is 2.44. The Morgan fingerprint density at radius 1 is 1.37 bits per heavy atom. The fourth-order valence-electron chi connectivity index (χ4n) is 1.83. The van der Waals surface area contributed by atoms with Crippen LogP contribution in [0, 0.1) is 6.92 Å². The molecule has 0 saturated carbocycles. The number of hydrogen-bond acceptors (Lipinski definition) is 5. The van der Waals surface area contributed by atoms with Gasteiger partial charge >= 0.3 is 0 Å². The summed E-state index contributed by atoms with van der Waals surface area (Å²) in [6.07, 6.45) is 0.951. The Kier molecular flexibility index (Phi) is 5.95. The molecule has 1 atom stereocenters. The predicted molar refractivity (Wildman–Crippen MR) is 81.6 cm³/mol. The van der Waals surface area contributed by atoms with Crippen LogP contribution in [0.5, 0.6) is 0 Å². The number of aryl methyl sites for hydroxylation is 2. The fourth-order valence-corrected chi connectivity index (χ4v) is 3.81. The van der Waals surface area contributed by atoms with E-state index in [0.717, 1.165) is 17.1 Å². The van der Waals surface area contributed by atoms with Gasteiger partial charge in [-0.15, -0.1) is 11.3 Å². The molecule has 1 heterocycles. The minimum atomic E-state index is -2.89. The Morgan fingerprint density at radius 2 is 2.00 bits per heavy atom. The summed E-state index contributed by atoms with van der Waals surface area (Å²) in [6, 6.07) is 0.213. The lowest BCUT2D eigenvalue weighted by Gasteiger charge is -2.23. The first-order valence-corrected chi connectivity index (χ1v) is 9.31. The van der Waals surface area contributed by atoms with Crippen molar-refractivity contribution in [2.45, 2.75) is 40.2 Å². The maximum atomic E-state index is 11.5. The van der Waals surface area contributed by atoms with Crippen LogP contribution >= 0.6 is 11.3 Å². The van der Waals surface area contributed by atoms with Gasteiger partial charge in [-0.3, -0.25) is 4.90 Å². The van der Waals surface area contributed by atoms with Crippen molar-refractivity contribution in [3.63, 3.8) is 0 Å². The molecule has 110 valence electrons. The van der Waals surface area contributed by atoms with Crippen LogP contribution in [0.15, 0.2) is 0 Å². The Morgan fingerprint density at radius 3 is 2.47 bits per heavy atom.